The average Bonchev–Trinajstić information content (AvgIpc) is 0.710. The normalized spacial score (nSPS) is 12.6. The van der Waals surface area contributed by atoms with Crippen LogP contribution in [0.2, 0.25) is 0 Å². The van der Waals surface area contributed by atoms with Crippen LogP contribution < -0.4 is 61.9 Å². The third-order valence-corrected chi connectivity index (χ3v) is 19.9. The highest BCUT2D eigenvalue weighted by atomic mass is 16.5. The molecule has 0 fully saturated rings. The van der Waals surface area contributed by atoms with E-state index in [9.17, 15) is 0 Å². The molecule has 0 N–H and O–H groups in total. The number of nitrogens with zero attached hydrogens (tertiary/aromatic N) is 4. The third kappa shape index (κ3) is 9.67. The quantitative estimate of drug-likeness (QED) is 0.113. The van der Waals surface area contributed by atoms with Gasteiger partial charge in [0.2, 0.25) is 0 Å². The molecule has 6 nitrogen and oxygen atoms in total. The minimum atomic E-state index is -0.207. The molecular formula is C90H60B2N4O2. The Labute approximate surface area is 571 Å². The molecule has 0 atom stereocenters. The highest BCUT2D eigenvalue weighted by Crippen LogP contribution is 2.50. The van der Waals surface area contributed by atoms with Crippen molar-refractivity contribution in [2.75, 3.05) is 19.6 Å². The van der Waals surface area contributed by atoms with Crippen LogP contribution in [-0.4, -0.2) is 13.4 Å². The number of para-hydroxylation sites is 4. The first-order valence-corrected chi connectivity index (χ1v) is 33.6. The molecule has 0 spiro atoms. The van der Waals surface area contributed by atoms with Crippen molar-refractivity contribution in [2.24, 2.45) is 0 Å². The predicted molar refractivity (Wildman–Crippen MR) is 409 cm³/mol. The molecule has 4 aliphatic rings. The molecule has 4 aliphatic heterocycles. The van der Waals surface area contributed by atoms with Gasteiger partial charge < -0.3 is 29.1 Å². The molecule has 0 amide bonds. The zero-order valence-electron chi connectivity index (χ0n) is 53.4. The van der Waals surface area contributed by atoms with Gasteiger partial charge in [-0.2, -0.15) is 0 Å². The van der Waals surface area contributed by atoms with Crippen LogP contribution in [-0.2, 0) is 0 Å². The van der Waals surface area contributed by atoms with E-state index in [0.717, 1.165) is 135 Å². The van der Waals surface area contributed by atoms with Gasteiger partial charge in [-0.15, -0.1) is 0 Å². The van der Waals surface area contributed by atoms with Crippen LogP contribution in [0.3, 0.4) is 0 Å². The largest absolute Gasteiger partial charge is 0.458 e. The Morgan fingerprint density at radius 3 is 0.796 bits per heavy atom. The molecule has 0 unspecified atom stereocenters. The topological polar surface area (TPSA) is 31.4 Å². The fourth-order valence-electron chi connectivity index (χ4n) is 15.5. The zero-order chi connectivity index (χ0) is 64.6. The maximum Gasteiger partial charge on any atom is 0.256 e. The first-order valence-electron chi connectivity index (χ1n) is 33.6. The molecule has 19 rings (SSSR count). The monoisotopic (exact) mass is 1250 g/mol. The Bertz CT molecular complexity index is 4990. The van der Waals surface area contributed by atoms with Gasteiger partial charge in [0.05, 0.1) is 11.4 Å². The van der Waals surface area contributed by atoms with Gasteiger partial charge in [0.1, 0.15) is 23.0 Å². The van der Waals surface area contributed by atoms with E-state index in [0.29, 0.717) is 0 Å². The molecule has 15 aromatic carbocycles. The Balaban J connectivity index is 0.803. The summed E-state index contributed by atoms with van der Waals surface area (Å²) < 4.78 is 15.3. The summed E-state index contributed by atoms with van der Waals surface area (Å²) in [7, 11) is 0. The lowest BCUT2D eigenvalue weighted by Gasteiger charge is -2.43. The fourth-order valence-corrected chi connectivity index (χ4v) is 15.5. The minimum absolute atomic E-state index is 0.207. The Morgan fingerprint density at radius 2 is 0.480 bits per heavy atom. The summed E-state index contributed by atoms with van der Waals surface area (Å²) in [6.45, 7) is -0.415. The molecule has 0 saturated heterocycles. The van der Waals surface area contributed by atoms with Gasteiger partial charge >= 0.3 is 0 Å². The van der Waals surface area contributed by atoms with Gasteiger partial charge in [-0.25, -0.2) is 0 Å². The molecule has 0 radical (unpaired) electrons. The van der Waals surface area contributed by atoms with E-state index in [2.05, 4.69) is 384 Å². The van der Waals surface area contributed by atoms with Gasteiger partial charge in [-0.1, -0.05) is 249 Å². The summed E-state index contributed by atoms with van der Waals surface area (Å²) in [6, 6.07) is 132. The molecule has 8 heteroatoms. The maximum absolute atomic E-state index is 7.66. The molecule has 0 bridgehead atoms. The van der Waals surface area contributed by atoms with Crippen LogP contribution in [0.4, 0.5) is 68.2 Å². The van der Waals surface area contributed by atoms with Crippen LogP contribution in [0, 0.1) is 0 Å². The van der Waals surface area contributed by atoms with Crippen molar-refractivity contribution in [2.45, 2.75) is 0 Å². The van der Waals surface area contributed by atoms with E-state index >= 15 is 0 Å². The van der Waals surface area contributed by atoms with E-state index in [1.165, 1.54) is 33.2 Å². The van der Waals surface area contributed by atoms with Gasteiger partial charge in [0.25, 0.3) is 13.4 Å². The van der Waals surface area contributed by atoms with E-state index in [4.69, 9.17) is 9.47 Å². The highest BCUT2D eigenvalue weighted by molar-refractivity contribution is 7.02. The number of hydrogen-bond acceptors (Lipinski definition) is 6. The molecule has 15 aromatic rings. The van der Waals surface area contributed by atoms with Crippen molar-refractivity contribution < 1.29 is 9.47 Å². The number of benzene rings is 15. The number of rotatable bonds is 12. The highest BCUT2D eigenvalue weighted by Gasteiger charge is 2.47. The molecule has 98 heavy (non-hydrogen) atoms. The fraction of sp³-hybridized carbons (Fsp3) is 0. The molecule has 4 heterocycles. The first-order chi connectivity index (χ1) is 48.6. The van der Waals surface area contributed by atoms with E-state index in [-0.39, 0.29) is 13.4 Å². The van der Waals surface area contributed by atoms with Crippen molar-refractivity contribution in [3.05, 3.63) is 364 Å². The van der Waals surface area contributed by atoms with E-state index in [1.807, 2.05) is 0 Å². The van der Waals surface area contributed by atoms with Crippen LogP contribution in [0.1, 0.15) is 0 Å². The minimum Gasteiger partial charge on any atom is -0.458 e. The summed E-state index contributed by atoms with van der Waals surface area (Å²) in [5, 5.41) is 0. The second-order valence-electron chi connectivity index (χ2n) is 25.5. The lowest BCUT2D eigenvalue weighted by molar-refractivity contribution is 0.466. The lowest BCUT2D eigenvalue weighted by Crippen LogP contribution is -2.63. The van der Waals surface area contributed by atoms with Crippen molar-refractivity contribution in [1.82, 2.24) is 0 Å². The van der Waals surface area contributed by atoms with Crippen LogP contribution in [0.25, 0.3) is 44.5 Å². The second-order valence-corrected chi connectivity index (χ2v) is 25.5. The van der Waals surface area contributed by atoms with E-state index in [1.54, 1.807) is 0 Å². The summed E-state index contributed by atoms with van der Waals surface area (Å²) in [5.74, 6) is 3.08. The smallest absolute Gasteiger partial charge is 0.256 e. The molecular weight excluding hydrogens is 1190 g/mol. The van der Waals surface area contributed by atoms with Crippen molar-refractivity contribution in [3.8, 4) is 67.5 Å². The SMILES string of the molecule is c1ccc(-c2ccc(N(c3ccc(-c4ccccc4)cc3)c3cc4c5c(c3)N(c3ccccc3)c3ccccc3B5c3cc5c(cc3O4)Oc3cc(N(c4ccc(-c6ccccc6)cc4)c4ccc(-c6ccccc6)cc4)cc4c3B5c3ccccc3N4c3ccccc3)cc2)cc1. The number of anilines is 12. The third-order valence-electron chi connectivity index (χ3n) is 19.9. The lowest BCUT2D eigenvalue weighted by atomic mass is 9.31. The zero-order valence-corrected chi connectivity index (χ0v) is 53.4. The van der Waals surface area contributed by atoms with E-state index < -0.39 is 0 Å². The van der Waals surface area contributed by atoms with Gasteiger partial charge in [-0.3, -0.25) is 0 Å². The summed E-state index contributed by atoms with van der Waals surface area (Å²) in [6.07, 6.45) is 0. The number of fused-ring (bicyclic) bond motifs is 8. The van der Waals surface area contributed by atoms with Crippen molar-refractivity contribution >= 4 is 114 Å². The van der Waals surface area contributed by atoms with Crippen LogP contribution in [0.15, 0.2) is 364 Å². The molecule has 0 aromatic heterocycles. The number of hydrogen-bond donors (Lipinski definition) is 0. The summed E-state index contributed by atoms with van der Waals surface area (Å²) in [4.78, 5) is 9.62. The Hall–Kier alpha value is -12.8. The van der Waals surface area contributed by atoms with Crippen molar-refractivity contribution in [3.63, 3.8) is 0 Å². The standard InChI is InChI=1S/C90H60B2N4O2/c1-7-23-61(24-8-1)65-39-47-71(48-40-65)93(72-49-41-66(42-50-72)62-25-9-2-10-26-62)75-55-83-89-87(57-75)97-85-60-86-80(59-79(85)91(89)77-35-19-21-37-81(77)95(83)69-31-15-5-16-32-69)92-78-36-20-22-38-82(78)96(70-33-17-6-18-34-70)84-56-76(58-88(98-86)90(84)92)94(73-51-43-67(44-52-73)63-27-11-3-12-28-63)74-53-45-68(46-54-74)64-29-13-4-14-30-64/h1-60H. The molecule has 0 aliphatic carbocycles. The Morgan fingerprint density at radius 1 is 0.204 bits per heavy atom. The maximum atomic E-state index is 7.66. The second kappa shape index (κ2) is 23.6. The predicted octanol–water partition coefficient (Wildman–Crippen LogP) is 20.1. The van der Waals surface area contributed by atoms with Crippen LogP contribution >= 0.6 is 0 Å². The van der Waals surface area contributed by atoms with Gasteiger partial charge in [-0.05, 0) is 174 Å². The Kier molecular flexibility index (Phi) is 13.7. The van der Waals surface area contributed by atoms with Crippen molar-refractivity contribution in [1.29, 1.82) is 0 Å². The number of ether oxygens (including phenoxy) is 2. The van der Waals surface area contributed by atoms with Gasteiger partial charge in [0, 0.05) is 75.1 Å². The molecule has 458 valence electrons. The van der Waals surface area contributed by atoms with Crippen LogP contribution in [0.5, 0.6) is 23.0 Å². The van der Waals surface area contributed by atoms with Gasteiger partial charge in [0.15, 0.2) is 0 Å². The first kappa shape index (κ1) is 56.7. The summed E-state index contributed by atoms with van der Waals surface area (Å²) in [5.41, 5.74) is 28.5. The molecule has 0 saturated carbocycles. The average molecular weight is 1250 g/mol. The summed E-state index contributed by atoms with van der Waals surface area (Å²) >= 11 is 0.